The maximum atomic E-state index is 11.6. The summed E-state index contributed by atoms with van der Waals surface area (Å²) < 4.78 is 4.77. The van der Waals surface area contributed by atoms with Gasteiger partial charge in [0.2, 0.25) is 0 Å². The number of rotatable bonds is 7. The van der Waals surface area contributed by atoms with Crippen molar-refractivity contribution >= 4 is 5.97 Å². The molecule has 0 aromatic heterocycles. The highest BCUT2D eigenvalue weighted by Gasteiger charge is 2.30. The minimum Gasteiger partial charge on any atom is -0.459 e. The number of hydrogen-bond donors (Lipinski definition) is 5. The zero-order valence-electron chi connectivity index (χ0n) is 10.7. The summed E-state index contributed by atoms with van der Waals surface area (Å²) in [5.41, 5.74) is 0.283. The lowest BCUT2D eigenvalue weighted by Gasteiger charge is -2.25. The fourth-order valence-corrected chi connectivity index (χ4v) is 1.48. The standard InChI is InChI=1S/C13H18O7/c14-6-9(15)11(17)12(18)10(16)7-20-13(19)8-4-2-1-3-5-8/h1-5,9-12,14-18H,6-7H2/t9-,10-,11-,12-/m1/s1. The van der Waals surface area contributed by atoms with Gasteiger partial charge in [-0.05, 0) is 12.1 Å². The molecule has 0 saturated carbocycles. The molecule has 0 bridgehead atoms. The fraction of sp³-hybridized carbons (Fsp3) is 0.462. The molecule has 112 valence electrons. The van der Waals surface area contributed by atoms with E-state index < -0.39 is 43.6 Å². The van der Waals surface area contributed by atoms with Crippen molar-refractivity contribution < 1.29 is 35.1 Å². The Hall–Kier alpha value is -1.51. The first-order valence-electron chi connectivity index (χ1n) is 6.02. The van der Waals surface area contributed by atoms with Crippen molar-refractivity contribution in [3.05, 3.63) is 35.9 Å². The minimum atomic E-state index is -1.75. The molecule has 7 heteroatoms. The van der Waals surface area contributed by atoms with Gasteiger partial charge in [-0.3, -0.25) is 0 Å². The number of aliphatic hydroxyl groups excluding tert-OH is 5. The van der Waals surface area contributed by atoms with Crippen LogP contribution in [-0.2, 0) is 4.74 Å². The van der Waals surface area contributed by atoms with Crippen LogP contribution in [0.25, 0.3) is 0 Å². The molecule has 0 heterocycles. The van der Waals surface area contributed by atoms with Gasteiger partial charge in [0.15, 0.2) is 0 Å². The van der Waals surface area contributed by atoms with Crippen LogP contribution in [0.3, 0.4) is 0 Å². The van der Waals surface area contributed by atoms with E-state index in [0.29, 0.717) is 0 Å². The van der Waals surface area contributed by atoms with E-state index in [0.717, 1.165) is 0 Å². The SMILES string of the molecule is O=C(OC[C@@H](O)[C@@H](O)[C@H](O)[C@H](O)CO)c1ccccc1. The Morgan fingerprint density at radius 3 is 2.10 bits per heavy atom. The van der Waals surface area contributed by atoms with Crippen LogP contribution in [-0.4, -0.2) is 69.1 Å². The molecule has 1 aromatic carbocycles. The van der Waals surface area contributed by atoms with Crippen molar-refractivity contribution in [3.63, 3.8) is 0 Å². The van der Waals surface area contributed by atoms with Crippen LogP contribution in [0.15, 0.2) is 30.3 Å². The third kappa shape index (κ3) is 4.55. The topological polar surface area (TPSA) is 127 Å². The Morgan fingerprint density at radius 1 is 1.00 bits per heavy atom. The van der Waals surface area contributed by atoms with Crippen LogP contribution in [0.4, 0.5) is 0 Å². The van der Waals surface area contributed by atoms with Crippen molar-refractivity contribution in [1.82, 2.24) is 0 Å². The van der Waals surface area contributed by atoms with Gasteiger partial charge in [-0.1, -0.05) is 18.2 Å². The van der Waals surface area contributed by atoms with Crippen molar-refractivity contribution in [2.45, 2.75) is 24.4 Å². The summed E-state index contributed by atoms with van der Waals surface area (Å²) in [5.74, 6) is -0.686. The molecule has 0 radical (unpaired) electrons. The van der Waals surface area contributed by atoms with E-state index in [1.807, 2.05) is 0 Å². The highest BCUT2D eigenvalue weighted by atomic mass is 16.5. The van der Waals surface area contributed by atoms with Crippen molar-refractivity contribution in [2.75, 3.05) is 13.2 Å². The molecule has 1 rings (SSSR count). The second-order valence-electron chi connectivity index (χ2n) is 4.26. The smallest absolute Gasteiger partial charge is 0.338 e. The van der Waals surface area contributed by atoms with Gasteiger partial charge in [-0.25, -0.2) is 4.79 Å². The summed E-state index contributed by atoms with van der Waals surface area (Å²) in [5, 5.41) is 46.2. The molecule has 4 atom stereocenters. The van der Waals surface area contributed by atoms with E-state index in [-0.39, 0.29) is 5.56 Å². The van der Waals surface area contributed by atoms with Gasteiger partial charge in [0.25, 0.3) is 0 Å². The summed E-state index contributed by atoms with van der Waals surface area (Å²) in [6.45, 7) is -1.32. The molecular formula is C13H18O7. The van der Waals surface area contributed by atoms with Gasteiger partial charge in [-0.15, -0.1) is 0 Å². The maximum absolute atomic E-state index is 11.6. The second-order valence-corrected chi connectivity index (χ2v) is 4.26. The second kappa shape index (κ2) is 7.93. The molecule has 5 N–H and O–H groups in total. The van der Waals surface area contributed by atoms with E-state index >= 15 is 0 Å². The lowest BCUT2D eigenvalue weighted by molar-refractivity contribution is -0.124. The molecule has 0 spiro atoms. The Kier molecular flexibility index (Phi) is 6.56. The molecule has 0 amide bonds. The number of aliphatic hydroxyl groups is 5. The summed E-state index contributed by atoms with van der Waals surface area (Å²) in [6.07, 6.45) is -6.67. The third-order valence-corrected chi connectivity index (χ3v) is 2.72. The largest absolute Gasteiger partial charge is 0.459 e. The van der Waals surface area contributed by atoms with E-state index in [4.69, 9.17) is 14.9 Å². The highest BCUT2D eigenvalue weighted by Crippen LogP contribution is 2.07. The van der Waals surface area contributed by atoms with Crippen LogP contribution < -0.4 is 0 Å². The monoisotopic (exact) mass is 286 g/mol. The average Bonchev–Trinajstić information content (AvgIpc) is 2.50. The molecule has 0 fully saturated rings. The van der Waals surface area contributed by atoms with Crippen LogP contribution in [0.1, 0.15) is 10.4 Å². The highest BCUT2D eigenvalue weighted by molar-refractivity contribution is 5.89. The van der Waals surface area contributed by atoms with Crippen LogP contribution in [0, 0.1) is 0 Å². The Balaban J connectivity index is 2.47. The quantitative estimate of drug-likeness (QED) is 0.377. The molecule has 7 nitrogen and oxygen atoms in total. The third-order valence-electron chi connectivity index (χ3n) is 2.72. The first kappa shape index (κ1) is 16.5. The van der Waals surface area contributed by atoms with Crippen LogP contribution in [0.2, 0.25) is 0 Å². The zero-order chi connectivity index (χ0) is 15.1. The number of ether oxygens (including phenoxy) is 1. The first-order chi connectivity index (χ1) is 9.47. The lowest BCUT2D eigenvalue weighted by atomic mass is 10.0. The number of benzene rings is 1. The number of carbonyl (C=O) groups is 1. The van der Waals surface area contributed by atoms with Crippen LogP contribution >= 0.6 is 0 Å². The zero-order valence-corrected chi connectivity index (χ0v) is 10.7. The predicted octanol–water partition coefficient (Wildman–Crippen LogP) is -1.72. The molecule has 0 aliphatic carbocycles. The molecule has 0 saturated heterocycles. The number of hydrogen-bond acceptors (Lipinski definition) is 7. The molecule has 0 unspecified atom stereocenters. The van der Waals surface area contributed by atoms with E-state index in [1.54, 1.807) is 18.2 Å². The molecule has 20 heavy (non-hydrogen) atoms. The molecule has 0 aliphatic rings. The van der Waals surface area contributed by atoms with Gasteiger partial charge in [0.1, 0.15) is 31.0 Å². The Morgan fingerprint density at radius 2 is 1.55 bits per heavy atom. The van der Waals surface area contributed by atoms with Gasteiger partial charge < -0.3 is 30.3 Å². The molecular weight excluding hydrogens is 268 g/mol. The summed E-state index contributed by atoms with van der Waals surface area (Å²) in [6, 6.07) is 8.06. The molecule has 1 aromatic rings. The maximum Gasteiger partial charge on any atom is 0.338 e. The minimum absolute atomic E-state index is 0.283. The number of esters is 1. The van der Waals surface area contributed by atoms with Gasteiger partial charge in [0.05, 0.1) is 12.2 Å². The lowest BCUT2D eigenvalue weighted by Crippen LogP contribution is -2.47. The van der Waals surface area contributed by atoms with Crippen LogP contribution in [0.5, 0.6) is 0 Å². The van der Waals surface area contributed by atoms with E-state index in [9.17, 15) is 20.1 Å². The first-order valence-corrected chi connectivity index (χ1v) is 6.02. The Labute approximate surface area is 115 Å². The van der Waals surface area contributed by atoms with Crippen molar-refractivity contribution in [2.24, 2.45) is 0 Å². The molecule has 0 aliphatic heterocycles. The van der Waals surface area contributed by atoms with Crippen molar-refractivity contribution in [1.29, 1.82) is 0 Å². The van der Waals surface area contributed by atoms with Gasteiger partial charge in [-0.2, -0.15) is 0 Å². The Bertz CT molecular complexity index is 408. The van der Waals surface area contributed by atoms with E-state index in [2.05, 4.69) is 0 Å². The summed E-state index contributed by atoms with van der Waals surface area (Å²) >= 11 is 0. The van der Waals surface area contributed by atoms with Crippen molar-refractivity contribution in [3.8, 4) is 0 Å². The van der Waals surface area contributed by atoms with Gasteiger partial charge >= 0.3 is 5.97 Å². The fourth-order valence-electron chi connectivity index (χ4n) is 1.48. The normalized spacial score (nSPS) is 17.1. The number of carbonyl (C=O) groups excluding carboxylic acids is 1. The predicted molar refractivity (Wildman–Crippen MR) is 67.8 cm³/mol. The average molecular weight is 286 g/mol. The summed E-state index contributed by atoms with van der Waals surface area (Å²) in [4.78, 5) is 11.6. The van der Waals surface area contributed by atoms with Gasteiger partial charge in [0, 0.05) is 0 Å². The van der Waals surface area contributed by atoms with E-state index in [1.165, 1.54) is 12.1 Å². The summed E-state index contributed by atoms with van der Waals surface area (Å²) in [7, 11) is 0.